The lowest BCUT2D eigenvalue weighted by atomic mass is 9.67. The third kappa shape index (κ3) is 6.45. The average Bonchev–Trinajstić information content (AvgIpc) is 2.16. The van der Waals surface area contributed by atoms with E-state index in [4.69, 9.17) is 0 Å². The molecular formula is C16H35N. The Morgan fingerprint density at radius 2 is 1.53 bits per heavy atom. The van der Waals surface area contributed by atoms with E-state index < -0.39 is 0 Å². The highest BCUT2D eigenvalue weighted by Crippen LogP contribution is 2.40. The fourth-order valence-corrected chi connectivity index (χ4v) is 2.28. The van der Waals surface area contributed by atoms with Gasteiger partial charge < -0.3 is 5.32 Å². The summed E-state index contributed by atoms with van der Waals surface area (Å²) < 4.78 is 0. The quantitative estimate of drug-likeness (QED) is 0.648. The predicted molar refractivity (Wildman–Crippen MR) is 79.3 cm³/mol. The Bertz CT molecular complexity index is 206. The van der Waals surface area contributed by atoms with Crippen molar-refractivity contribution >= 4 is 0 Å². The lowest BCUT2D eigenvalue weighted by Gasteiger charge is -2.40. The minimum absolute atomic E-state index is 0.433. The van der Waals surface area contributed by atoms with Crippen molar-refractivity contribution in [3.63, 3.8) is 0 Å². The molecule has 0 fully saturated rings. The van der Waals surface area contributed by atoms with Crippen LogP contribution in [-0.4, -0.2) is 13.1 Å². The van der Waals surface area contributed by atoms with E-state index in [1.54, 1.807) is 0 Å². The number of nitrogens with one attached hydrogen (secondary N) is 1. The number of hydrogen-bond donors (Lipinski definition) is 1. The molecule has 1 heteroatoms. The summed E-state index contributed by atoms with van der Waals surface area (Å²) in [5, 5.41) is 3.64. The van der Waals surface area contributed by atoms with Gasteiger partial charge in [-0.3, -0.25) is 0 Å². The van der Waals surface area contributed by atoms with E-state index in [2.05, 4.69) is 60.7 Å². The van der Waals surface area contributed by atoms with Crippen molar-refractivity contribution in [3.05, 3.63) is 0 Å². The summed E-state index contributed by atoms with van der Waals surface area (Å²) in [5.74, 6) is 1.49. The molecule has 0 amide bonds. The zero-order valence-corrected chi connectivity index (χ0v) is 13.5. The van der Waals surface area contributed by atoms with Crippen LogP contribution in [0.2, 0.25) is 0 Å². The first kappa shape index (κ1) is 17.0. The predicted octanol–water partition coefficient (Wildman–Crippen LogP) is 4.72. The van der Waals surface area contributed by atoms with Crippen molar-refractivity contribution in [1.29, 1.82) is 0 Å². The minimum Gasteiger partial charge on any atom is -0.316 e. The van der Waals surface area contributed by atoms with Gasteiger partial charge in [-0.1, -0.05) is 55.4 Å². The Morgan fingerprint density at radius 1 is 1.00 bits per heavy atom. The zero-order chi connectivity index (χ0) is 13.7. The van der Waals surface area contributed by atoms with E-state index in [0.717, 1.165) is 24.9 Å². The molecular weight excluding hydrogens is 206 g/mol. The van der Waals surface area contributed by atoms with Crippen LogP contribution < -0.4 is 5.32 Å². The van der Waals surface area contributed by atoms with E-state index in [1.165, 1.54) is 12.8 Å². The Kier molecular flexibility index (Phi) is 6.76. The Labute approximate surface area is 110 Å². The maximum Gasteiger partial charge on any atom is 0.000537 e. The fourth-order valence-electron chi connectivity index (χ4n) is 2.28. The van der Waals surface area contributed by atoms with Crippen LogP contribution in [-0.2, 0) is 0 Å². The minimum atomic E-state index is 0.433. The lowest BCUT2D eigenvalue weighted by Crippen LogP contribution is -2.38. The van der Waals surface area contributed by atoms with Gasteiger partial charge in [0.15, 0.2) is 0 Å². The average molecular weight is 241 g/mol. The normalized spacial score (nSPS) is 16.6. The molecule has 0 aliphatic carbocycles. The van der Waals surface area contributed by atoms with Crippen molar-refractivity contribution in [2.75, 3.05) is 13.1 Å². The summed E-state index contributed by atoms with van der Waals surface area (Å²) in [6, 6.07) is 0. The van der Waals surface area contributed by atoms with Crippen LogP contribution in [0.3, 0.4) is 0 Å². The van der Waals surface area contributed by atoms with Crippen LogP contribution in [0.25, 0.3) is 0 Å². The molecule has 17 heavy (non-hydrogen) atoms. The first-order valence-corrected chi connectivity index (χ1v) is 7.33. The van der Waals surface area contributed by atoms with Crippen LogP contribution in [0, 0.1) is 22.7 Å². The van der Waals surface area contributed by atoms with Gasteiger partial charge in [-0.15, -0.1) is 0 Å². The molecule has 104 valence electrons. The van der Waals surface area contributed by atoms with Crippen molar-refractivity contribution in [3.8, 4) is 0 Å². The molecule has 1 atom stereocenters. The van der Waals surface area contributed by atoms with E-state index in [0.29, 0.717) is 10.8 Å². The number of hydrogen-bond acceptors (Lipinski definition) is 1. The SMILES string of the molecule is CCC(C)(CNCC(C)C)CC(C)(C)C(C)C. The molecule has 0 radical (unpaired) electrons. The molecule has 0 bridgehead atoms. The highest BCUT2D eigenvalue weighted by atomic mass is 14.9. The molecule has 1 N–H and O–H groups in total. The molecule has 0 saturated heterocycles. The fraction of sp³-hybridized carbons (Fsp3) is 1.00. The van der Waals surface area contributed by atoms with E-state index in [1.807, 2.05) is 0 Å². The highest BCUT2D eigenvalue weighted by Gasteiger charge is 2.32. The molecule has 0 aromatic rings. The molecule has 0 aliphatic rings. The monoisotopic (exact) mass is 241 g/mol. The second kappa shape index (κ2) is 6.78. The Morgan fingerprint density at radius 3 is 1.88 bits per heavy atom. The van der Waals surface area contributed by atoms with E-state index in [-0.39, 0.29) is 0 Å². The number of rotatable bonds is 8. The maximum atomic E-state index is 3.64. The summed E-state index contributed by atoms with van der Waals surface area (Å²) in [6.07, 6.45) is 2.56. The summed E-state index contributed by atoms with van der Waals surface area (Å²) in [6.45, 7) is 21.1. The van der Waals surface area contributed by atoms with Gasteiger partial charge in [0.1, 0.15) is 0 Å². The van der Waals surface area contributed by atoms with Gasteiger partial charge in [0.05, 0.1) is 0 Å². The summed E-state index contributed by atoms with van der Waals surface area (Å²) in [7, 11) is 0. The Balaban J connectivity index is 4.36. The molecule has 1 unspecified atom stereocenters. The van der Waals surface area contributed by atoms with Crippen LogP contribution in [0.15, 0.2) is 0 Å². The van der Waals surface area contributed by atoms with Crippen LogP contribution in [0.1, 0.15) is 68.2 Å². The first-order valence-electron chi connectivity index (χ1n) is 7.33. The van der Waals surface area contributed by atoms with Crippen LogP contribution in [0.5, 0.6) is 0 Å². The third-order valence-electron chi connectivity index (χ3n) is 4.40. The third-order valence-corrected chi connectivity index (χ3v) is 4.40. The first-order chi connectivity index (χ1) is 7.63. The second-order valence-corrected chi connectivity index (χ2v) is 7.51. The highest BCUT2D eigenvalue weighted by molar-refractivity contribution is 4.85. The molecule has 0 aliphatic heterocycles. The Hall–Kier alpha value is -0.0400. The summed E-state index contributed by atoms with van der Waals surface area (Å²) >= 11 is 0. The van der Waals surface area contributed by atoms with Crippen LogP contribution >= 0.6 is 0 Å². The molecule has 1 nitrogen and oxygen atoms in total. The van der Waals surface area contributed by atoms with Crippen molar-refractivity contribution in [2.45, 2.75) is 68.2 Å². The smallest absolute Gasteiger partial charge is 0.000537 e. The van der Waals surface area contributed by atoms with Gasteiger partial charge in [0.25, 0.3) is 0 Å². The van der Waals surface area contributed by atoms with E-state index in [9.17, 15) is 0 Å². The van der Waals surface area contributed by atoms with Gasteiger partial charge in [0.2, 0.25) is 0 Å². The standard InChI is InChI=1S/C16H35N/c1-9-16(8,12-17-10-13(2)3)11-15(6,7)14(4)5/h13-14,17H,9-12H2,1-8H3. The van der Waals surface area contributed by atoms with Crippen LogP contribution in [0.4, 0.5) is 0 Å². The largest absolute Gasteiger partial charge is 0.316 e. The molecule has 0 aromatic carbocycles. The second-order valence-electron chi connectivity index (χ2n) is 7.51. The molecule has 0 rings (SSSR count). The van der Waals surface area contributed by atoms with Crippen molar-refractivity contribution < 1.29 is 0 Å². The maximum absolute atomic E-state index is 3.64. The van der Waals surface area contributed by atoms with Crippen molar-refractivity contribution in [1.82, 2.24) is 5.32 Å². The van der Waals surface area contributed by atoms with Gasteiger partial charge in [0, 0.05) is 6.54 Å². The van der Waals surface area contributed by atoms with Crippen molar-refractivity contribution in [2.24, 2.45) is 22.7 Å². The van der Waals surface area contributed by atoms with Gasteiger partial charge >= 0.3 is 0 Å². The lowest BCUT2D eigenvalue weighted by molar-refractivity contribution is 0.120. The zero-order valence-electron chi connectivity index (χ0n) is 13.5. The molecule has 0 saturated carbocycles. The molecule has 0 aromatic heterocycles. The van der Waals surface area contributed by atoms with Gasteiger partial charge in [-0.2, -0.15) is 0 Å². The van der Waals surface area contributed by atoms with Gasteiger partial charge in [-0.25, -0.2) is 0 Å². The summed E-state index contributed by atoms with van der Waals surface area (Å²) in [4.78, 5) is 0. The molecule has 0 spiro atoms. The van der Waals surface area contributed by atoms with E-state index >= 15 is 0 Å². The van der Waals surface area contributed by atoms with Gasteiger partial charge in [-0.05, 0) is 42.1 Å². The molecule has 0 heterocycles. The topological polar surface area (TPSA) is 12.0 Å². The summed E-state index contributed by atoms with van der Waals surface area (Å²) in [5.41, 5.74) is 0.868.